The highest BCUT2D eigenvalue weighted by Crippen LogP contribution is 2.36. The maximum absolute atomic E-state index is 14.6. The highest BCUT2D eigenvalue weighted by molar-refractivity contribution is 6.62. The minimum Gasteiger partial charge on any atom is -0.496 e. The van der Waals surface area contributed by atoms with E-state index in [0.717, 1.165) is 5.56 Å². The second-order valence-corrected chi connectivity index (χ2v) is 6.87. The lowest BCUT2D eigenvalue weighted by atomic mass is 9.80. The maximum Gasteiger partial charge on any atom is 0.499 e. The molecule has 0 saturated carbocycles. The van der Waals surface area contributed by atoms with Crippen molar-refractivity contribution >= 4 is 12.6 Å². The molecule has 0 bridgehead atoms. The first kappa shape index (κ1) is 16.9. The Morgan fingerprint density at radius 3 is 2.21 bits per heavy atom. The average Bonchev–Trinajstić information content (AvgIpc) is 2.75. The number of hydrogen-bond donors (Lipinski definition) is 0. The summed E-state index contributed by atoms with van der Waals surface area (Å²) in [6.07, 6.45) is 0. The van der Waals surface area contributed by atoms with Crippen molar-refractivity contribution in [3.05, 3.63) is 42.3 Å². The summed E-state index contributed by atoms with van der Waals surface area (Å²) in [4.78, 5) is 4.09. The predicted octanol–water partition coefficient (Wildman–Crippen LogP) is 3.20. The van der Waals surface area contributed by atoms with Gasteiger partial charge in [0.1, 0.15) is 5.75 Å². The van der Waals surface area contributed by atoms with Gasteiger partial charge in [0.05, 0.1) is 24.0 Å². The summed E-state index contributed by atoms with van der Waals surface area (Å²) in [7, 11) is 0.808. The average molecular weight is 329 g/mol. The van der Waals surface area contributed by atoms with Crippen molar-refractivity contribution in [2.75, 3.05) is 7.11 Å². The Morgan fingerprint density at radius 2 is 1.62 bits per heavy atom. The highest BCUT2D eigenvalue weighted by atomic mass is 19.1. The van der Waals surface area contributed by atoms with Crippen LogP contribution < -0.4 is 10.2 Å². The van der Waals surface area contributed by atoms with Crippen LogP contribution in [0.3, 0.4) is 0 Å². The van der Waals surface area contributed by atoms with Gasteiger partial charge in [0.2, 0.25) is 5.95 Å². The van der Waals surface area contributed by atoms with Crippen LogP contribution in [-0.2, 0) is 9.31 Å². The third kappa shape index (κ3) is 2.80. The topological polar surface area (TPSA) is 40.6 Å². The molecule has 0 spiro atoms. The molecule has 0 atom stereocenters. The van der Waals surface area contributed by atoms with Crippen LogP contribution in [0.15, 0.2) is 36.4 Å². The van der Waals surface area contributed by atoms with Crippen LogP contribution in [0, 0.1) is 5.95 Å². The van der Waals surface area contributed by atoms with Crippen LogP contribution in [0.25, 0.3) is 11.3 Å². The number of pyridine rings is 1. The molecule has 3 rings (SSSR count). The van der Waals surface area contributed by atoms with E-state index in [1.54, 1.807) is 19.2 Å². The zero-order valence-corrected chi connectivity index (χ0v) is 14.6. The van der Waals surface area contributed by atoms with Crippen molar-refractivity contribution in [1.82, 2.24) is 4.98 Å². The Bertz CT molecular complexity index is 748. The number of halogens is 1. The van der Waals surface area contributed by atoms with Gasteiger partial charge in [-0.15, -0.1) is 0 Å². The number of para-hydroxylation sites is 1. The fourth-order valence-corrected chi connectivity index (χ4v) is 2.60. The Balaban J connectivity index is 1.95. The third-order valence-electron chi connectivity index (χ3n) is 4.77. The van der Waals surface area contributed by atoms with Crippen molar-refractivity contribution < 1.29 is 18.4 Å². The molecule has 2 aromatic rings. The minimum absolute atomic E-state index is 0.298. The number of aromatic nitrogens is 1. The lowest BCUT2D eigenvalue weighted by Gasteiger charge is -2.32. The Labute approximate surface area is 142 Å². The molecule has 0 N–H and O–H groups in total. The van der Waals surface area contributed by atoms with E-state index >= 15 is 0 Å². The first-order valence-electron chi connectivity index (χ1n) is 7.90. The van der Waals surface area contributed by atoms with Gasteiger partial charge in [0, 0.05) is 11.0 Å². The smallest absolute Gasteiger partial charge is 0.496 e. The normalized spacial score (nSPS) is 18.7. The van der Waals surface area contributed by atoms with E-state index in [-0.39, 0.29) is 0 Å². The fourth-order valence-electron chi connectivity index (χ4n) is 2.60. The molecule has 0 unspecified atom stereocenters. The monoisotopic (exact) mass is 329 g/mol. The molecule has 6 heteroatoms. The molecule has 0 amide bonds. The summed E-state index contributed by atoms with van der Waals surface area (Å²) >= 11 is 0. The van der Waals surface area contributed by atoms with E-state index in [1.807, 2.05) is 52.0 Å². The van der Waals surface area contributed by atoms with Crippen LogP contribution in [0.2, 0.25) is 0 Å². The van der Waals surface area contributed by atoms with Gasteiger partial charge in [0.15, 0.2) is 0 Å². The molecule has 1 aromatic heterocycles. The van der Waals surface area contributed by atoms with Crippen LogP contribution in [0.5, 0.6) is 5.75 Å². The highest BCUT2D eigenvalue weighted by Gasteiger charge is 2.52. The zero-order chi connectivity index (χ0) is 17.5. The van der Waals surface area contributed by atoms with Crippen LogP contribution >= 0.6 is 0 Å². The summed E-state index contributed by atoms with van der Waals surface area (Å²) < 4.78 is 31.7. The standard InChI is InChI=1S/C18H21BFNO3/c1-17(2)18(3,4)24-19(23-17)13-10-11-14(21-16(13)20)12-8-6-7-9-15(12)22-5/h6-11H,1-5H3. The lowest BCUT2D eigenvalue weighted by molar-refractivity contribution is 0.00578. The van der Waals surface area contributed by atoms with Crippen molar-refractivity contribution in [2.45, 2.75) is 38.9 Å². The van der Waals surface area contributed by atoms with Gasteiger partial charge in [-0.1, -0.05) is 18.2 Å². The van der Waals surface area contributed by atoms with E-state index in [9.17, 15) is 4.39 Å². The quantitative estimate of drug-likeness (QED) is 0.640. The Morgan fingerprint density at radius 1 is 1.00 bits per heavy atom. The molecular weight excluding hydrogens is 308 g/mol. The van der Waals surface area contributed by atoms with Gasteiger partial charge in [0.25, 0.3) is 0 Å². The molecular formula is C18H21BFNO3. The van der Waals surface area contributed by atoms with Gasteiger partial charge >= 0.3 is 7.12 Å². The van der Waals surface area contributed by atoms with Gasteiger partial charge in [-0.05, 0) is 45.9 Å². The van der Waals surface area contributed by atoms with E-state index in [2.05, 4.69) is 4.98 Å². The number of hydrogen-bond acceptors (Lipinski definition) is 4. The van der Waals surface area contributed by atoms with Crippen LogP contribution in [0.4, 0.5) is 4.39 Å². The number of methoxy groups -OCH3 is 1. The largest absolute Gasteiger partial charge is 0.499 e. The van der Waals surface area contributed by atoms with Crippen LogP contribution in [-0.4, -0.2) is 30.4 Å². The number of nitrogens with zero attached hydrogens (tertiary/aromatic N) is 1. The first-order chi connectivity index (χ1) is 11.2. The number of benzene rings is 1. The van der Waals surface area contributed by atoms with Gasteiger partial charge in [-0.2, -0.15) is 4.39 Å². The fraction of sp³-hybridized carbons (Fsp3) is 0.389. The van der Waals surface area contributed by atoms with Crippen molar-refractivity contribution in [2.24, 2.45) is 0 Å². The summed E-state index contributed by atoms with van der Waals surface area (Å²) in [5.74, 6) is 0.0460. The molecule has 2 heterocycles. The Hall–Kier alpha value is -1.92. The number of rotatable bonds is 3. The molecule has 4 nitrogen and oxygen atoms in total. The second kappa shape index (κ2) is 5.86. The third-order valence-corrected chi connectivity index (χ3v) is 4.77. The molecule has 1 fully saturated rings. The summed E-state index contributed by atoms with van der Waals surface area (Å²) in [5.41, 5.74) is 0.494. The van der Waals surface area contributed by atoms with Gasteiger partial charge < -0.3 is 14.0 Å². The molecule has 24 heavy (non-hydrogen) atoms. The van der Waals surface area contributed by atoms with Gasteiger partial charge in [-0.25, -0.2) is 4.98 Å². The SMILES string of the molecule is COc1ccccc1-c1ccc(B2OC(C)(C)C(C)(C)O2)c(F)n1. The minimum atomic E-state index is -0.769. The number of ether oxygens (including phenoxy) is 1. The summed E-state index contributed by atoms with van der Waals surface area (Å²) in [6, 6.07) is 10.8. The molecule has 1 aliphatic heterocycles. The Kier molecular flexibility index (Phi) is 4.14. The van der Waals surface area contributed by atoms with E-state index in [0.29, 0.717) is 16.9 Å². The van der Waals surface area contributed by atoms with E-state index in [1.165, 1.54) is 0 Å². The molecule has 0 aliphatic carbocycles. The molecule has 1 aromatic carbocycles. The van der Waals surface area contributed by atoms with Crippen LogP contribution in [0.1, 0.15) is 27.7 Å². The molecule has 126 valence electrons. The molecule has 1 saturated heterocycles. The van der Waals surface area contributed by atoms with E-state index < -0.39 is 24.3 Å². The summed E-state index contributed by atoms with van der Waals surface area (Å²) in [6.45, 7) is 7.73. The first-order valence-corrected chi connectivity index (χ1v) is 7.90. The zero-order valence-electron chi connectivity index (χ0n) is 14.6. The maximum atomic E-state index is 14.6. The predicted molar refractivity (Wildman–Crippen MR) is 91.9 cm³/mol. The summed E-state index contributed by atoms with van der Waals surface area (Å²) in [5, 5.41) is 0. The molecule has 0 radical (unpaired) electrons. The van der Waals surface area contributed by atoms with Crippen molar-refractivity contribution in [1.29, 1.82) is 0 Å². The molecule has 1 aliphatic rings. The van der Waals surface area contributed by atoms with Crippen molar-refractivity contribution in [3.8, 4) is 17.0 Å². The van der Waals surface area contributed by atoms with Gasteiger partial charge in [-0.3, -0.25) is 0 Å². The lowest BCUT2D eigenvalue weighted by Crippen LogP contribution is -2.41. The van der Waals surface area contributed by atoms with Crippen molar-refractivity contribution in [3.63, 3.8) is 0 Å². The van der Waals surface area contributed by atoms with E-state index in [4.69, 9.17) is 14.0 Å². The second-order valence-electron chi connectivity index (χ2n) is 6.87.